The predicted molar refractivity (Wildman–Crippen MR) is 100 cm³/mol. The number of rotatable bonds is 9. The molecule has 0 unspecified atom stereocenters. The molecule has 2 rings (SSSR count). The van der Waals surface area contributed by atoms with Gasteiger partial charge in [0.2, 0.25) is 0 Å². The number of benzene rings is 2. The molecule has 0 aliphatic carbocycles. The van der Waals surface area contributed by atoms with Crippen LogP contribution in [0.4, 0.5) is 5.69 Å². The lowest BCUT2D eigenvalue weighted by Gasteiger charge is -2.16. The van der Waals surface area contributed by atoms with Gasteiger partial charge in [-0.3, -0.25) is 9.36 Å². The molecule has 2 aromatic carbocycles. The van der Waals surface area contributed by atoms with Crippen LogP contribution < -0.4 is 5.32 Å². The smallest absolute Gasteiger partial charge is 0.322 e. The number of hydrogen-bond donors (Lipinski definition) is 1. The molecule has 0 radical (unpaired) electrons. The van der Waals surface area contributed by atoms with Gasteiger partial charge >= 0.3 is 7.60 Å². The first-order chi connectivity index (χ1) is 12.1. The molecule has 5 nitrogen and oxygen atoms in total. The molecule has 0 bridgehead atoms. The van der Waals surface area contributed by atoms with Crippen LogP contribution in [-0.2, 0) is 20.0 Å². The summed E-state index contributed by atoms with van der Waals surface area (Å²) in [4.78, 5) is 12.2. The van der Waals surface area contributed by atoms with Crippen molar-refractivity contribution in [3.63, 3.8) is 0 Å². The van der Waals surface area contributed by atoms with Crippen LogP contribution in [0.2, 0.25) is 0 Å². The van der Waals surface area contributed by atoms with Gasteiger partial charge in [-0.1, -0.05) is 30.3 Å². The molecule has 0 aromatic heterocycles. The van der Waals surface area contributed by atoms with E-state index in [1.165, 1.54) is 0 Å². The summed E-state index contributed by atoms with van der Waals surface area (Å²) in [5.74, 6) is -0.160. The zero-order chi connectivity index (χ0) is 18.1. The summed E-state index contributed by atoms with van der Waals surface area (Å²) in [6.07, 6.45) is 0.891. The van der Waals surface area contributed by atoms with E-state index in [0.29, 0.717) is 31.4 Å². The normalized spacial score (nSPS) is 11.3. The number of anilines is 1. The van der Waals surface area contributed by atoms with Crippen molar-refractivity contribution in [2.45, 2.75) is 20.3 Å². The minimum absolute atomic E-state index is 0.160. The van der Waals surface area contributed by atoms with Crippen molar-refractivity contribution in [3.8, 4) is 0 Å². The van der Waals surface area contributed by atoms with E-state index in [4.69, 9.17) is 9.05 Å². The van der Waals surface area contributed by atoms with E-state index in [9.17, 15) is 9.36 Å². The number of aryl methyl sites for hydroxylation is 1. The van der Waals surface area contributed by atoms with E-state index in [-0.39, 0.29) is 5.91 Å². The highest BCUT2D eigenvalue weighted by atomic mass is 31.2. The summed E-state index contributed by atoms with van der Waals surface area (Å²) in [6, 6.07) is 16.6. The van der Waals surface area contributed by atoms with Crippen LogP contribution in [0.5, 0.6) is 0 Å². The van der Waals surface area contributed by atoms with Crippen molar-refractivity contribution < 1.29 is 18.4 Å². The van der Waals surface area contributed by atoms with Gasteiger partial charge in [0.15, 0.2) is 0 Å². The van der Waals surface area contributed by atoms with Crippen LogP contribution in [-0.4, -0.2) is 25.3 Å². The zero-order valence-corrected chi connectivity index (χ0v) is 15.5. The Balaban J connectivity index is 1.95. The topological polar surface area (TPSA) is 64.6 Å². The minimum Gasteiger partial charge on any atom is -0.322 e. The summed E-state index contributed by atoms with van der Waals surface area (Å²) in [6.45, 7) is 4.31. The lowest BCUT2D eigenvalue weighted by molar-refractivity contribution is 0.102. The molecule has 0 fully saturated rings. The molecule has 0 atom stereocenters. The van der Waals surface area contributed by atoms with Gasteiger partial charge in [-0.25, -0.2) is 0 Å². The molecule has 0 saturated heterocycles. The van der Waals surface area contributed by atoms with Crippen LogP contribution in [0.15, 0.2) is 54.6 Å². The van der Waals surface area contributed by atoms with Crippen molar-refractivity contribution in [3.05, 3.63) is 65.7 Å². The molecular weight excluding hydrogens is 337 g/mol. The lowest BCUT2D eigenvalue weighted by Crippen LogP contribution is -2.11. The molecule has 0 spiro atoms. The maximum Gasteiger partial charge on any atom is 0.330 e. The molecule has 2 aromatic rings. The van der Waals surface area contributed by atoms with Gasteiger partial charge in [-0.2, -0.15) is 0 Å². The monoisotopic (exact) mass is 361 g/mol. The molecule has 0 saturated carbocycles. The fourth-order valence-electron chi connectivity index (χ4n) is 2.37. The van der Waals surface area contributed by atoms with Gasteiger partial charge < -0.3 is 14.4 Å². The van der Waals surface area contributed by atoms with Crippen molar-refractivity contribution in [2.75, 3.05) is 24.7 Å². The second-order valence-corrected chi connectivity index (χ2v) is 7.62. The number of carbonyl (C=O) groups excluding carboxylic acids is 1. The summed E-state index contributed by atoms with van der Waals surface area (Å²) < 4.78 is 23.0. The van der Waals surface area contributed by atoms with E-state index in [0.717, 1.165) is 11.3 Å². The van der Waals surface area contributed by atoms with Gasteiger partial charge in [-0.05, 0) is 50.1 Å². The van der Waals surface area contributed by atoms with Crippen LogP contribution in [0.3, 0.4) is 0 Å². The summed E-state index contributed by atoms with van der Waals surface area (Å²) >= 11 is 0. The fraction of sp³-hybridized carbons (Fsp3) is 0.316. The highest BCUT2D eigenvalue weighted by Crippen LogP contribution is 2.48. The van der Waals surface area contributed by atoms with E-state index in [1.807, 2.05) is 42.5 Å². The summed E-state index contributed by atoms with van der Waals surface area (Å²) in [5, 5.41) is 2.84. The van der Waals surface area contributed by atoms with Gasteiger partial charge in [-0.15, -0.1) is 0 Å². The molecule has 25 heavy (non-hydrogen) atoms. The molecule has 134 valence electrons. The first-order valence-corrected chi connectivity index (χ1v) is 10.1. The van der Waals surface area contributed by atoms with Crippen molar-refractivity contribution in [1.29, 1.82) is 0 Å². The van der Waals surface area contributed by atoms with Crippen molar-refractivity contribution in [1.82, 2.24) is 0 Å². The number of amides is 1. The fourth-order valence-corrected chi connectivity index (χ4v) is 4.02. The third-order valence-corrected chi connectivity index (χ3v) is 5.65. The van der Waals surface area contributed by atoms with Gasteiger partial charge in [0.25, 0.3) is 5.91 Å². The maximum atomic E-state index is 12.5. The molecule has 6 heteroatoms. The Kier molecular flexibility index (Phi) is 7.38. The molecule has 0 aliphatic rings. The minimum atomic E-state index is -3.04. The molecular formula is C19H24NO4P. The van der Waals surface area contributed by atoms with Crippen molar-refractivity contribution in [2.24, 2.45) is 0 Å². The average Bonchev–Trinajstić information content (AvgIpc) is 2.62. The first-order valence-electron chi connectivity index (χ1n) is 8.40. The van der Waals surface area contributed by atoms with Crippen LogP contribution >= 0.6 is 7.60 Å². The Morgan fingerprint density at radius 1 is 0.960 bits per heavy atom. The Labute approximate surface area is 148 Å². The standard InChI is InChI=1S/C19H24NO4P/c1-3-23-25(22,24-4-2)15-14-16-10-12-17(13-11-16)19(21)20-18-8-6-5-7-9-18/h5-13H,3-4,14-15H2,1-2H3,(H,20,21). The third kappa shape index (κ3) is 6.13. The van der Waals surface area contributed by atoms with Crippen LogP contribution in [0.25, 0.3) is 0 Å². The zero-order valence-electron chi connectivity index (χ0n) is 14.6. The number of carbonyl (C=O) groups is 1. The third-order valence-electron chi connectivity index (χ3n) is 3.57. The summed E-state index contributed by atoms with van der Waals surface area (Å²) in [5.41, 5.74) is 2.31. The van der Waals surface area contributed by atoms with Crippen LogP contribution in [0, 0.1) is 0 Å². The molecule has 0 aliphatic heterocycles. The second kappa shape index (κ2) is 9.52. The summed E-state index contributed by atoms with van der Waals surface area (Å²) in [7, 11) is -3.04. The van der Waals surface area contributed by atoms with E-state index in [1.54, 1.807) is 26.0 Å². The van der Waals surface area contributed by atoms with Gasteiger partial charge in [0.05, 0.1) is 19.4 Å². The van der Waals surface area contributed by atoms with E-state index < -0.39 is 7.60 Å². The second-order valence-electron chi connectivity index (χ2n) is 5.44. The number of nitrogens with one attached hydrogen (secondary N) is 1. The SMILES string of the molecule is CCOP(=O)(CCc1ccc(C(=O)Nc2ccccc2)cc1)OCC. The van der Waals surface area contributed by atoms with E-state index in [2.05, 4.69) is 5.32 Å². The largest absolute Gasteiger partial charge is 0.330 e. The quantitative estimate of drug-likeness (QED) is 0.655. The average molecular weight is 361 g/mol. The maximum absolute atomic E-state index is 12.5. The molecule has 0 heterocycles. The highest BCUT2D eigenvalue weighted by Gasteiger charge is 2.22. The Morgan fingerprint density at radius 3 is 2.12 bits per heavy atom. The Morgan fingerprint density at radius 2 is 1.56 bits per heavy atom. The molecule has 1 N–H and O–H groups in total. The lowest BCUT2D eigenvalue weighted by atomic mass is 10.1. The van der Waals surface area contributed by atoms with E-state index >= 15 is 0 Å². The Hall–Kier alpha value is -1.94. The predicted octanol–water partition coefficient (Wildman–Crippen LogP) is 4.75. The number of hydrogen-bond acceptors (Lipinski definition) is 4. The van der Waals surface area contributed by atoms with Crippen molar-refractivity contribution >= 4 is 19.2 Å². The number of para-hydroxylation sites is 1. The highest BCUT2D eigenvalue weighted by molar-refractivity contribution is 7.53. The Bertz CT molecular complexity index is 706. The van der Waals surface area contributed by atoms with Gasteiger partial charge in [0.1, 0.15) is 0 Å². The first kappa shape index (κ1) is 19.4. The molecule has 1 amide bonds. The van der Waals surface area contributed by atoms with Gasteiger partial charge in [0, 0.05) is 11.3 Å². The van der Waals surface area contributed by atoms with Crippen LogP contribution in [0.1, 0.15) is 29.8 Å².